The van der Waals surface area contributed by atoms with Gasteiger partial charge in [-0.25, -0.2) is 4.79 Å². The van der Waals surface area contributed by atoms with E-state index in [4.69, 9.17) is 4.74 Å². The number of rotatable bonds is 0. The Bertz CT molecular complexity index is 196. The fourth-order valence-corrected chi connectivity index (χ4v) is 0.801. The first kappa shape index (κ1) is 7.12. The molecule has 0 aromatic rings. The molecule has 1 rings (SSSR count). The Morgan fingerprint density at radius 3 is 2.60 bits per heavy atom. The van der Waals surface area contributed by atoms with Gasteiger partial charge in [0.2, 0.25) is 0 Å². The number of allylic oxidation sites excluding steroid dienone is 2. The summed E-state index contributed by atoms with van der Waals surface area (Å²) >= 11 is 0. The van der Waals surface area contributed by atoms with E-state index < -0.39 is 0 Å². The minimum absolute atomic E-state index is 0.205. The Kier molecular flexibility index (Phi) is 1.66. The fraction of sp³-hybridized carbons (Fsp3) is 0.571. The van der Waals surface area contributed by atoms with Crippen LogP contribution in [0.2, 0.25) is 0 Å². The van der Waals surface area contributed by atoms with Gasteiger partial charge in [0.1, 0.15) is 11.8 Å². The predicted molar refractivity (Wildman–Crippen MR) is 37.1 cm³/mol. The van der Waals surface area contributed by atoms with Crippen molar-refractivity contribution in [1.82, 2.24) is 5.32 Å². The molecule has 1 aliphatic rings. The van der Waals surface area contributed by atoms with E-state index in [0.29, 0.717) is 5.76 Å². The molecule has 1 unspecified atom stereocenters. The minimum atomic E-state index is -0.205. The van der Waals surface area contributed by atoms with Crippen LogP contribution in [0.15, 0.2) is 11.5 Å². The lowest BCUT2D eigenvalue weighted by molar-refractivity contribution is -0.142. The molecule has 0 saturated heterocycles. The van der Waals surface area contributed by atoms with Crippen LogP contribution in [0.5, 0.6) is 0 Å². The molecule has 3 heteroatoms. The molecule has 0 aromatic heterocycles. The van der Waals surface area contributed by atoms with Crippen molar-refractivity contribution in [1.29, 1.82) is 0 Å². The summed E-state index contributed by atoms with van der Waals surface area (Å²) < 4.78 is 4.89. The van der Waals surface area contributed by atoms with Gasteiger partial charge >= 0.3 is 5.97 Å². The highest BCUT2D eigenvalue weighted by Crippen LogP contribution is 2.10. The molecule has 0 saturated carbocycles. The van der Waals surface area contributed by atoms with Gasteiger partial charge in [-0.3, -0.25) is 0 Å². The summed E-state index contributed by atoms with van der Waals surface area (Å²) in [5, 5.41) is 2.98. The van der Waals surface area contributed by atoms with E-state index in [9.17, 15) is 4.79 Å². The summed E-state index contributed by atoms with van der Waals surface area (Å²) in [6, 6.07) is -0.205. The third-order valence-electron chi connectivity index (χ3n) is 1.57. The molecule has 1 atom stereocenters. The summed E-state index contributed by atoms with van der Waals surface area (Å²) in [6.07, 6.45) is 0. The summed E-state index contributed by atoms with van der Waals surface area (Å²) in [4.78, 5) is 10.8. The predicted octanol–water partition coefficient (Wildman–Crippen LogP) is 0.773. The fourth-order valence-electron chi connectivity index (χ4n) is 0.801. The van der Waals surface area contributed by atoms with Crippen LogP contribution >= 0.6 is 0 Å². The second-order valence-corrected chi connectivity index (χ2v) is 2.47. The quantitative estimate of drug-likeness (QED) is 0.506. The summed E-state index contributed by atoms with van der Waals surface area (Å²) in [5.74, 6) is 0.464. The van der Waals surface area contributed by atoms with Gasteiger partial charge in [-0.1, -0.05) is 0 Å². The van der Waals surface area contributed by atoms with Crippen molar-refractivity contribution in [2.45, 2.75) is 26.8 Å². The normalized spacial score (nSPS) is 25.9. The molecule has 1 aliphatic heterocycles. The van der Waals surface area contributed by atoms with Crippen molar-refractivity contribution >= 4 is 5.97 Å². The van der Waals surface area contributed by atoms with Crippen LogP contribution in [0.25, 0.3) is 0 Å². The Labute approximate surface area is 60.1 Å². The number of nitrogens with one attached hydrogen (secondary N) is 1. The van der Waals surface area contributed by atoms with Gasteiger partial charge in [-0.05, 0) is 20.8 Å². The number of esters is 1. The van der Waals surface area contributed by atoms with Crippen molar-refractivity contribution < 1.29 is 9.53 Å². The molecule has 0 spiro atoms. The number of ether oxygens (including phenoxy) is 1. The molecule has 10 heavy (non-hydrogen) atoms. The topological polar surface area (TPSA) is 38.3 Å². The third-order valence-corrected chi connectivity index (χ3v) is 1.57. The van der Waals surface area contributed by atoms with Crippen LogP contribution < -0.4 is 5.32 Å². The van der Waals surface area contributed by atoms with E-state index in [1.54, 1.807) is 13.8 Å². The van der Waals surface area contributed by atoms with Crippen molar-refractivity contribution in [3.8, 4) is 0 Å². The highest BCUT2D eigenvalue weighted by atomic mass is 16.5. The second-order valence-electron chi connectivity index (χ2n) is 2.47. The van der Waals surface area contributed by atoms with Gasteiger partial charge < -0.3 is 10.1 Å². The SMILES string of the molecule is CC1=C(C)OC(=O)C(C)N1. The zero-order valence-electron chi connectivity index (χ0n) is 6.39. The smallest absolute Gasteiger partial charge is 0.333 e. The van der Waals surface area contributed by atoms with E-state index >= 15 is 0 Å². The number of cyclic esters (lactones) is 1. The molecule has 0 aromatic carbocycles. The van der Waals surface area contributed by atoms with Gasteiger partial charge in [-0.15, -0.1) is 0 Å². The molecule has 0 amide bonds. The van der Waals surface area contributed by atoms with Crippen LogP contribution in [-0.2, 0) is 9.53 Å². The zero-order chi connectivity index (χ0) is 7.72. The highest BCUT2D eigenvalue weighted by Gasteiger charge is 2.20. The van der Waals surface area contributed by atoms with Crippen LogP contribution in [0, 0.1) is 0 Å². The first-order valence-corrected chi connectivity index (χ1v) is 3.27. The average Bonchev–Trinajstić information content (AvgIpc) is 1.84. The van der Waals surface area contributed by atoms with Crippen molar-refractivity contribution in [3.05, 3.63) is 11.5 Å². The summed E-state index contributed by atoms with van der Waals surface area (Å²) in [5.41, 5.74) is 0.937. The van der Waals surface area contributed by atoms with Crippen molar-refractivity contribution in [2.24, 2.45) is 0 Å². The lowest BCUT2D eigenvalue weighted by Crippen LogP contribution is -2.38. The standard InChI is InChI=1S/C7H11NO2/c1-4-6(3)10-7(9)5(2)8-4/h5,8H,1-3H3. The Hall–Kier alpha value is -0.990. The summed E-state index contributed by atoms with van der Waals surface area (Å²) in [6.45, 7) is 5.43. The molecule has 0 radical (unpaired) electrons. The Morgan fingerprint density at radius 2 is 2.10 bits per heavy atom. The van der Waals surface area contributed by atoms with Gasteiger partial charge in [0.25, 0.3) is 0 Å². The van der Waals surface area contributed by atoms with Gasteiger partial charge in [-0.2, -0.15) is 0 Å². The molecule has 3 nitrogen and oxygen atoms in total. The first-order chi connectivity index (χ1) is 4.61. The number of hydrogen-bond acceptors (Lipinski definition) is 3. The van der Waals surface area contributed by atoms with E-state index in [1.807, 2.05) is 6.92 Å². The lowest BCUT2D eigenvalue weighted by atomic mass is 10.2. The number of carbonyl (C=O) groups is 1. The lowest BCUT2D eigenvalue weighted by Gasteiger charge is -2.21. The Morgan fingerprint density at radius 1 is 1.50 bits per heavy atom. The maximum atomic E-state index is 10.8. The molecule has 0 bridgehead atoms. The third kappa shape index (κ3) is 1.12. The molecule has 1 heterocycles. The molecular formula is C7H11NO2. The summed E-state index contributed by atoms with van der Waals surface area (Å²) in [7, 11) is 0. The molecule has 0 aliphatic carbocycles. The van der Waals surface area contributed by atoms with Crippen LogP contribution in [0.4, 0.5) is 0 Å². The first-order valence-electron chi connectivity index (χ1n) is 3.27. The maximum absolute atomic E-state index is 10.8. The Balaban J connectivity index is 2.79. The van der Waals surface area contributed by atoms with E-state index in [-0.39, 0.29) is 12.0 Å². The number of carbonyl (C=O) groups excluding carboxylic acids is 1. The maximum Gasteiger partial charge on any atom is 0.333 e. The molecule has 0 fully saturated rings. The van der Waals surface area contributed by atoms with E-state index in [0.717, 1.165) is 5.70 Å². The van der Waals surface area contributed by atoms with E-state index in [1.165, 1.54) is 0 Å². The van der Waals surface area contributed by atoms with Crippen LogP contribution in [0.3, 0.4) is 0 Å². The van der Waals surface area contributed by atoms with Crippen molar-refractivity contribution in [3.63, 3.8) is 0 Å². The minimum Gasteiger partial charge on any atom is -0.428 e. The highest BCUT2D eigenvalue weighted by molar-refractivity contribution is 5.77. The van der Waals surface area contributed by atoms with Crippen LogP contribution in [0.1, 0.15) is 20.8 Å². The monoisotopic (exact) mass is 141 g/mol. The van der Waals surface area contributed by atoms with Crippen LogP contribution in [-0.4, -0.2) is 12.0 Å². The molecule has 1 N–H and O–H groups in total. The van der Waals surface area contributed by atoms with Crippen molar-refractivity contribution in [2.75, 3.05) is 0 Å². The van der Waals surface area contributed by atoms with Gasteiger partial charge in [0.05, 0.1) is 0 Å². The molecular weight excluding hydrogens is 130 g/mol. The molecule has 56 valence electrons. The van der Waals surface area contributed by atoms with E-state index in [2.05, 4.69) is 5.32 Å². The largest absolute Gasteiger partial charge is 0.428 e. The zero-order valence-corrected chi connectivity index (χ0v) is 6.39. The van der Waals surface area contributed by atoms with Gasteiger partial charge in [0.15, 0.2) is 0 Å². The second kappa shape index (κ2) is 2.33. The van der Waals surface area contributed by atoms with Gasteiger partial charge in [0, 0.05) is 5.70 Å². The average molecular weight is 141 g/mol. The number of hydrogen-bond donors (Lipinski definition) is 1.